The van der Waals surface area contributed by atoms with E-state index in [2.05, 4.69) is 53.8 Å². The predicted octanol–water partition coefficient (Wildman–Crippen LogP) is 11.8. The second kappa shape index (κ2) is 28.1. The van der Waals surface area contributed by atoms with E-state index in [-0.39, 0.29) is 59.0 Å². The van der Waals surface area contributed by atoms with Crippen LogP contribution in [0, 0.1) is 11.8 Å². The fraction of sp³-hybridized carbons (Fsp3) is 0.393. The van der Waals surface area contributed by atoms with Crippen LogP contribution < -0.4 is 10.1 Å². The zero-order chi connectivity index (χ0) is 53.7. The minimum Gasteiger partial charge on any atom is -0.494 e. The molecule has 0 unspecified atom stereocenters. The van der Waals surface area contributed by atoms with E-state index in [1.165, 1.54) is 45.6 Å². The third-order valence-corrected chi connectivity index (χ3v) is 12.6. The second-order valence-electron chi connectivity index (χ2n) is 20.3. The normalized spacial score (nSPS) is 12.0. The molecule has 5 rings (SSSR count). The van der Waals surface area contributed by atoms with Crippen molar-refractivity contribution in [2.24, 2.45) is 11.8 Å². The third-order valence-electron chi connectivity index (χ3n) is 12.6. The lowest BCUT2D eigenvalue weighted by Crippen LogP contribution is -2.29. The first-order valence-corrected chi connectivity index (χ1v) is 25.0. The van der Waals surface area contributed by atoms with Gasteiger partial charge in [0.15, 0.2) is 17.3 Å². The highest BCUT2D eigenvalue weighted by Gasteiger charge is 2.26. The number of carboxylic acids is 1. The van der Waals surface area contributed by atoms with Gasteiger partial charge in [-0.2, -0.15) is 0 Å². The first kappa shape index (κ1) is 58.4. The van der Waals surface area contributed by atoms with Gasteiger partial charge in [-0.15, -0.1) is 0 Å². The second-order valence-corrected chi connectivity index (χ2v) is 20.3. The summed E-state index contributed by atoms with van der Waals surface area (Å²) < 4.78 is 15.6. The molecule has 0 saturated heterocycles. The van der Waals surface area contributed by atoms with Crippen molar-refractivity contribution in [3.05, 3.63) is 171 Å². The molecule has 12 heteroatoms. The molecule has 73 heavy (non-hydrogen) atoms. The molecule has 1 amide bonds. The number of ketones is 3. The van der Waals surface area contributed by atoms with Gasteiger partial charge >= 0.3 is 17.9 Å². The van der Waals surface area contributed by atoms with Crippen molar-refractivity contribution in [3.8, 4) is 5.75 Å². The van der Waals surface area contributed by atoms with Crippen LogP contribution in [0.3, 0.4) is 0 Å². The Morgan fingerprint density at radius 2 is 0.877 bits per heavy atom. The van der Waals surface area contributed by atoms with Crippen molar-refractivity contribution >= 4 is 41.2 Å². The molecule has 0 aliphatic heterocycles. The van der Waals surface area contributed by atoms with Gasteiger partial charge in [-0.25, -0.2) is 4.79 Å². The number of hydrogen-bond donors (Lipinski definition) is 2. The van der Waals surface area contributed by atoms with Gasteiger partial charge in [-0.05, 0) is 88.7 Å². The number of rotatable bonds is 24. The smallest absolute Gasteiger partial charge is 0.335 e. The van der Waals surface area contributed by atoms with Crippen LogP contribution in [0.1, 0.15) is 167 Å². The topological polar surface area (TPSA) is 179 Å². The van der Waals surface area contributed by atoms with Crippen molar-refractivity contribution in [3.63, 3.8) is 0 Å². The van der Waals surface area contributed by atoms with Crippen LogP contribution in [0.5, 0.6) is 5.75 Å². The minimum absolute atomic E-state index is 0.00174. The molecular weight excluding hydrogens is 923 g/mol. The molecule has 2 N–H and O–H groups in total. The van der Waals surface area contributed by atoms with Crippen molar-refractivity contribution < 1.29 is 52.9 Å². The standard InChI is InChI=1S/C38H47NO6.C23H26O5/c1-6-7-8-9-10-23-45-33-21-17-30(18-22-33)36(42)39-26-35(41)29-13-11-27(12-14-29)24-31(37(43)44-5)25-34(40)28-15-19-32(20-16-28)38(2,3)4;1-23(2,3)19-11-9-16(10-12-19)20(24)14-18(22(27)28-4)13-15-5-7-17(8-6-15)21(25)26/h11-22,31H,6-10,23-26H2,1-5H3,(H,39,42);5-12,18H,13-14H2,1-4H3,(H,25,26)/t31-;18-/m11/s1. The number of methoxy groups -OCH3 is 2. The Balaban J connectivity index is 0.000000353. The Hall–Kier alpha value is -7.21. The number of nitrogens with one attached hydrogen (secondary N) is 1. The van der Waals surface area contributed by atoms with Crippen LogP contribution in [0.25, 0.3) is 0 Å². The quantitative estimate of drug-likeness (QED) is 0.0341. The van der Waals surface area contributed by atoms with E-state index < -0.39 is 29.7 Å². The third kappa shape index (κ3) is 19.1. The number of Topliss-reactive ketones (excluding diaryl/α,β-unsaturated/α-hetero) is 3. The maximum absolute atomic E-state index is 13.0. The van der Waals surface area contributed by atoms with Crippen molar-refractivity contribution in [1.29, 1.82) is 0 Å². The van der Waals surface area contributed by atoms with E-state index in [0.29, 0.717) is 47.5 Å². The van der Waals surface area contributed by atoms with Crippen molar-refractivity contribution in [2.75, 3.05) is 27.4 Å². The highest BCUT2D eigenvalue weighted by Crippen LogP contribution is 2.26. The molecule has 0 saturated carbocycles. The van der Waals surface area contributed by atoms with E-state index in [0.717, 1.165) is 35.1 Å². The zero-order valence-electron chi connectivity index (χ0n) is 44.0. The molecule has 12 nitrogen and oxygen atoms in total. The lowest BCUT2D eigenvalue weighted by Gasteiger charge is -2.19. The first-order chi connectivity index (χ1) is 34.6. The summed E-state index contributed by atoms with van der Waals surface area (Å²) in [6.45, 7) is 15.3. The average molecular weight is 996 g/mol. The van der Waals surface area contributed by atoms with Crippen molar-refractivity contribution in [1.82, 2.24) is 5.32 Å². The number of amides is 1. The summed E-state index contributed by atoms with van der Waals surface area (Å²) in [7, 11) is 2.61. The summed E-state index contributed by atoms with van der Waals surface area (Å²) >= 11 is 0. The Bertz CT molecular complexity index is 2600. The van der Waals surface area contributed by atoms with E-state index in [1.54, 1.807) is 84.9 Å². The van der Waals surface area contributed by atoms with E-state index in [9.17, 15) is 33.6 Å². The largest absolute Gasteiger partial charge is 0.494 e. The van der Waals surface area contributed by atoms with E-state index in [4.69, 9.17) is 19.3 Å². The lowest BCUT2D eigenvalue weighted by atomic mass is 9.85. The molecule has 0 radical (unpaired) electrons. The summed E-state index contributed by atoms with van der Waals surface area (Å²) in [4.78, 5) is 86.7. The fourth-order valence-corrected chi connectivity index (χ4v) is 7.95. The molecule has 0 spiro atoms. The maximum atomic E-state index is 13.0. The molecule has 0 bridgehead atoms. The molecule has 0 aliphatic rings. The van der Waals surface area contributed by atoms with E-state index >= 15 is 0 Å². The average Bonchev–Trinajstić information content (AvgIpc) is 3.38. The summed E-state index contributed by atoms with van der Waals surface area (Å²) in [6, 6.07) is 35.0. The maximum Gasteiger partial charge on any atom is 0.335 e. The number of carbonyl (C=O) groups excluding carboxylic acids is 6. The van der Waals surface area contributed by atoms with Gasteiger partial charge in [0.1, 0.15) is 5.75 Å². The Morgan fingerprint density at radius 1 is 0.493 bits per heavy atom. The van der Waals surface area contributed by atoms with Gasteiger partial charge in [0.25, 0.3) is 5.91 Å². The summed E-state index contributed by atoms with van der Waals surface area (Å²) in [5.74, 6) is -3.34. The van der Waals surface area contributed by atoms with Crippen LogP contribution in [-0.2, 0) is 42.7 Å². The van der Waals surface area contributed by atoms with Gasteiger partial charge in [0.2, 0.25) is 0 Å². The number of carboxylic acid groups (broad SMARTS) is 1. The van der Waals surface area contributed by atoms with E-state index in [1.807, 2.05) is 24.3 Å². The SMILES string of the molecule is CCCCCCCOc1ccc(C(=O)NCC(=O)c2ccc(C[C@H](CC(=O)c3ccc(C(C)(C)C)cc3)C(=O)OC)cc2)cc1.COC(=O)[C@@H](CC(=O)c1ccc(C(C)(C)C)cc1)Cc1ccc(C(=O)O)cc1. The van der Waals surface area contributed by atoms with Crippen LogP contribution in [0.15, 0.2) is 121 Å². The van der Waals surface area contributed by atoms with Gasteiger partial charge in [0.05, 0.1) is 44.8 Å². The number of ether oxygens (including phenoxy) is 3. The Morgan fingerprint density at radius 3 is 1.27 bits per heavy atom. The molecule has 5 aromatic carbocycles. The van der Waals surface area contributed by atoms with Gasteiger partial charge in [-0.1, -0.05) is 159 Å². The zero-order valence-corrected chi connectivity index (χ0v) is 44.0. The number of benzene rings is 5. The number of hydrogen-bond acceptors (Lipinski definition) is 10. The predicted molar refractivity (Wildman–Crippen MR) is 284 cm³/mol. The van der Waals surface area contributed by atoms with Crippen LogP contribution in [0.2, 0.25) is 0 Å². The number of carbonyl (C=O) groups is 7. The molecule has 0 aromatic heterocycles. The van der Waals surface area contributed by atoms with Crippen LogP contribution in [0.4, 0.5) is 0 Å². The summed E-state index contributed by atoms with van der Waals surface area (Å²) in [5.41, 5.74) is 5.97. The van der Waals surface area contributed by atoms with Crippen LogP contribution in [-0.4, -0.2) is 73.6 Å². The highest BCUT2D eigenvalue weighted by atomic mass is 16.5. The van der Waals surface area contributed by atoms with Gasteiger partial charge in [0, 0.05) is 35.1 Å². The number of aromatic carboxylic acids is 1. The number of esters is 2. The molecule has 0 aliphatic carbocycles. The monoisotopic (exact) mass is 996 g/mol. The van der Waals surface area contributed by atoms with Crippen LogP contribution >= 0.6 is 0 Å². The fourth-order valence-electron chi connectivity index (χ4n) is 7.95. The Kier molecular flexibility index (Phi) is 22.5. The van der Waals surface area contributed by atoms with Crippen molar-refractivity contribution in [2.45, 2.75) is 117 Å². The van der Waals surface area contributed by atoms with Gasteiger partial charge < -0.3 is 24.6 Å². The molecular formula is C61H73NO11. The first-order valence-electron chi connectivity index (χ1n) is 25.0. The molecule has 2 atom stereocenters. The lowest BCUT2D eigenvalue weighted by molar-refractivity contribution is -0.146. The molecule has 0 fully saturated rings. The molecule has 5 aromatic rings. The minimum atomic E-state index is -1.01. The number of unbranched alkanes of at least 4 members (excludes halogenated alkanes) is 4. The van der Waals surface area contributed by atoms with Gasteiger partial charge in [-0.3, -0.25) is 28.8 Å². The molecule has 388 valence electrons. The highest BCUT2D eigenvalue weighted by molar-refractivity contribution is 6.02. The molecule has 0 heterocycles. The summed E-state index contributed by atoms with van der Waals surface area (Å²) in [5, 5.41) is 11.7. The Labute approximate surface area is 431 Å². The summed E-state index contributed by atoms with van der Waals surface area (Å²) in [6.07, 6.45) is 6.46.